The Labute approximate surface area is 174 Å². The van der Waals surface area contributed by atoms with Crippen molar-refractivity contribution in [3.8, 4) is 0 Å². The van der Waals surface area contributed by atoms with Crippen molar-refractivity contribution in [2.75, 3.05) is 18.5 Å². The van der Waals surface area contributed by atoms with Crippen LogP contribution in [0, 0.1) is 6.92 Å². The van der Waals surface area contributed by atoms with Crippen LogP contribution in [0.2, 0.25) is 0 Å². The highest BCUT2D eigenvalue weighted by Gasteiger charge is 2.32. The molecule has 1 aromatic heterocycles. The molecule has 0 aliphatic heterocycles. The molecular formula is C22H25NO7. The molecule has 0 atom stereocenters. The van der Waals surface area contributed by atoms with Gasteiger partial charge in [-0.05, 0) is 40.2 Å². The van der Waals surface area contributed by atoms with Gasteiger partial charge in [0.1, 0.15) is 11.3 Å². The molecule has 0 radical (unpaired) electrons. The molecule has 0 saturated carbocycles. The molecule has 1 heterocycles. The van der Waals surface area contributed by atoms with Gasteiger partial charge < -0.3 is 13.9 Å². The van der Waals surface area contributed by atoms with Crippen LogP contribution in [0.3, 0.4) is 0 Å². The lowest BCUT2D eigenvalue weighted by Gasteiger charge is -2.22. The molecule has 0 saturated heterocycles. The van der Waals surface area contributed by atoms with Crippen LogP contribution in [0.1, 0.15) is 59.7 Å². The average molecular weight is 415 g/mol. The zero-order chi connectivity index (χ0) is 22.5. The number of anilines is 1. The Kier molecular flexibility index (Phi) is 7.15. The van der Waals surface area contributed by atoms with Gasteiger partial charge in [0.05, 0.1) is 17.6 Å². The Bertz CT molecular complexity index is 957. The Balaban J connectivity index is 2.13. The summed E-state index contributed by atoms with van der Waals surface area (Å²) < 4.78 is 15.5. The first-order valence-electron chi connectivity index (χ1n) is 9.43. The van der Waals surface area contributed by atoms with Crippen LogP contribution < -0.4 is 5.32 Å². The highest BCUT2D eigenvalue weighted by atomic mass is 16.5. The molecule has 2 aromatic rings. The predicted octanol–water partition coefficient (Wildman–Crippen LogP) is 3.43. The molecule has 0 unspecified atom stereocenters. The highest BCUT2D eigenvalue weighted by molar-refractivity contribution is 6.10. The van der Waals surface area contributed by atoms with Crippen LogP contribution in [0.4, 0.5) is 5.88 Å². The number of rotatable bonds is 8. The molecule has 0 aliphatic carbocycles. The van der Waals surface area contributed by atoms with Gasteiger partial charge in [-0.25, -0.2) is 4.79 Å². The highest BCUT2D eigenvalue weighted by Crippen LogP contribution is 2.29. The first-order chi connectivity index (χ1) is 14.1. The SMILES string of the molecule is CCOC(=O)c1c(NC(=O)COC(=O)C(C)(C)c2ccccc2)oc(C)c1C(C)=O. The summed E-state index contributed by atoms with van der Waals surface area (Å²) in [6.45, 7) is 7.26. The topological polar surface area (TPSA) is 112 Å². The number of furan rings is 1. The van der Waals surface area contributed by atoms with Gasteiger partial charge in [-0.15, -0.1) is 0 Å². The summed E-state index contributed by atoms with van der Waals surface area (Å²) in [5.74, 6) is -2.56. The van der Waals surface area contributed by atoms with E-state index in [9.17, 15) is 19.2 Å². The number of carbonyl (C=O) groups is 4. The van der Waals surface area contributed by atoms with Crippen molar-refractivity contribution < 1.29 is 33.1 Å². The van der Waals surface area contributed by atoms with Crippen LogP contribution >= 0.6 is 0 Å². The number of esters is 2. The molecule has 0 spiro atoms. The van der Waals surface area contributed by atoms with Crippen molar-refractivity contribution in [2.45, 2.75) is 40.0 Å². The van der Waals surface area contributed by atoms with Crippen LogP contribution in [-0.4, -0.2) is 36.8 Å². The van der Waals surface area contributed by atoms with E-state index >= 15 is 0 Å². The van der Waals surface area contributed by atoms with Gasteiger partial charge in [0.25, 0.3) is 5.91 Å². The number of amides is 1. The van der Waals surface area contributed by atoms with Gasteiger partial charge in [-0.3, -0.25) is 19.7 Å². The van der Waals surface area contributed by atoms with Crippen molar-refractivity contribution in [3.05, 3.63) is 52.8 Å². The second kappa shape index (κ2) is 9.39. The fourth-order valence-corrected chi connectivity index (χ4v) is 2.90. The van der Waals surface area contributed by atoms with Gasteiger partial charge >= 0.3 is 11.9 Å². The van der Waals surface area contributed by atoms with E-state index in [-0.39, 0.29) is 29.4 Å². The summed E-state index contributed by atoms with van der Waals surface area (Å²) >= 11 is 0. The second-order valence-corrected chi connectivity index (χ2v) is 7.13. The number of nitrogens with one attached hydrogen (secondary N) is 1. The molecule has 1 aromatic carbocycles. The van der Waals surface area contributed by atoms with E-state index < -0.39 is 35.7 Å². The number of ether oxygens (including phenoxy) is 2. The molecule has 1 N–H and O–H groups in total. The molecular weight excluding hydrogens is 390 g/mol. The second-order valence-electron chi connectivity index (χ2n) is 7.13. The third-order valence-corrected chi connectivity index (χ3v) is 4.51. The third-order valence-electron chi connectivity index (χ3n) is 4.51. The maximum absolute atomic E-state index is 12.5. The predicted molar refractivity (Wildman–Crippen MR) is 108 cm³/mol. The first-order valence-corrected chi connectivity index (χ1v) is 9.43. The summed E-state index contributed by atoms with van der Waals surface area (Å²) in [5, 5.41) is 2.38. The minimum Gasteiger partial charge on any atom is -0.462 e. The lowest BCUT2D eigenvalue weighted by atomic mass is 9.85. The van der Waals surface area contributed by atoms with Crippen LogP contribution in [0.25, 0.3) is 0 Å². The summed E-state index contributed by atoms with van der Waals surface area (Å²) in [7, 11) is 0. The lowest BCUT2D eigenvalue weighted by molar-refractivity contribution is -0.152. The van der Waals surface area contributed by atoms with Crippen molar-refractivity contribution in [1.29, 1.82) is 0 Å². The summed E-state index contributed by atoms with van der Waals surface area (Å²) in [4.78, 5) is 49.0. The van der Waals surface area contributed by atoms with Crippen LogP contribution in [0.15, 0.2) is 34.7 Å². The van der Waals surface area contributed by atoms with E-state index in [1.807, 2.05) is 6.07 Å². The maximum Gasteiger partial charge on any atom is 0.344 e. The van der Waals surface area contributed by atoms with Gasteiger partial charge in [-0.2, -0.15) is 0 Å². The Hall–Kier alpha value is -3.42. The molecule has 0 aliphatic rings. The molecule has 2 rings (SSSR count). The summed E-state index contributed by atoms with van der Waals surface area (Å²) in [6.07, 6.45) is 0. The maximum atomic E-state index is 12.5. The standard InChI is InChI=1S/C22H25NO7/c1-6-28-20(26)18-17(13(2)24)14(3)30-19(18)23-16(25)12-29-21(27)22(4,5)15-10-8-7-9-11-15/h7-11H,6,12H2,1-5H3,(H,23,25). The number of ketones is 1. The summed E-state index contributed by atoms with van der Waals surface area (Å²) in [5.41, 5.74) is -0.342. The van der Waals surface area contributed by atoms with E-state index in [0.29, 0.717) is 0 Å². The van der Waals surface area contributed by atoms with Crippen LogP contribution in [-0.2, 0) is 24.5 Å². The molecule has 0 fully saturated rings. The van der Waals surface area contributed by atoms with Gasteiger partial charge in [0.2, 0.25) is 5.88 Å². The molecule has 8 heteroatoms. The normalized spacial score (nSPS) is 11.0. The number of carbonyl (C=O) groups excluding carboxylic acids is 4. The minimum atomic E-state index is -0.958. The Morgan fingerprint density at radius 3 is 2.23 bits per heavy atom. The Morgan fingerprint density at radius 1 is 1.03 bits per heavy atom. The number of hydrogen-bond donors (Lipinski definition) is 1. The van der Waals surface area contributed by atoms with E-state index in [1.54, 1.807) is 45.0 Å². The number of benzene rings is 1. The zero-order valence-electron chi connectivity index (χ0n) is 17.7. The average Bonchev–Trinajstić information content (AvgIpc) is 3.02. The fraction of sp³-hybridized carbons (Fsp3) is 0.364. The molecule has 30 heavy (non-hydrogen) atoms. The zero-order valence-corrected chi connectivity index (χ0v) is 17.7. The number of aryl methyl sites for hydroxylation is 1. The fourth-order valence-electron chi connectivity index (χ4n) is 2.90. The Morgan fingerprint density at radius 2 is 1.67 bits per heavy atom. The summed E-state index contributed by atoms with van der Waals surface area (Å²) in [6, 6.07) is 9.03. The third kappa shape index (κ3) is 4.94. The largest absolute Gasteiger partial charge is 0.462 e. The number of Topliss-reactive ketones (excluding diaryl/α,β-unsaturated/α-hetero) is 1. The smallest absolute Gasteiger partial charge is 0.344 e. The van der Waals surface area contributed by atoms with E-state index in [1.165, 1.54) is 13.8 Å². The van der Waals surface area contributed by atoms with Crippen molar-refractivity contribution in [2.24, 2.45) is 0 Å². The first kappa shape index (κ1) is 22.9. The van der Waals surface area contributed by atoms with Gasteiger partial charge in [-0.1, -0.05) is 30.3 Å². The molecule has 1 amide bonds. The van der Waals surface area contributed by atoms with Crippen molar-refractivity contribution in [1.82, 2.24) is 0 Å². The monoisotopic (exact) mass is 415 g/mol. The van der Waals surface area contributed by atoms with Gasteiger partial charge in [0.15, 0.2) is 12.4 Å². The van der Waals surface area contributed by atoms with Crippen LogP contribution in [0.5, 0.6) is 0 Å². The molecule has 0 bridgehead atoms. The minimum absolute atomic E-state index is 0.0333. The molecule has 160 valence electrons. The van der Waals surface area contributed by atoms with Gasteiger partial charge in [0, 0.05) is 0 Å². The quantitative estimate of drug-likeness (QED) is 0.519. The van der Waals surface area contributed by atoms with E-state index in [4.69, 9.17) is 13.9 Å². The lowest BCUT2D eigenvalue weighted by Crippen LogP contribution is -2.33. The van der Waals surface area contributed by atoms with Crippen molar-refractivity contribution in [3.63, 3.8) is 0 Å². The molecule has 8 nitrogen and oxygen atoms in total. The number of hydrogen-bond acceptors (Lipinski definition) is 7. The van der Waals surface area contributed by atoms with E-state index in [2.05, 4.69) is 5.32 Å². The van der Waals surface area contributed by atoms with Crippen molar-refractivity contribution >= 4 is 29.5 Å². The van der Waals surface area contributed by atoms with E-state index in [0.717, 1.165) is 5.56 Å².